The van der Waals surface area contributed by atoms with Gasteiger partial charge in [-0.2, -0.15) is 10.2 Å². The molecule has 3 heterocycles. The highest BCUT2D eigenvalue weighted by Crippen LogP contribution is 2.14. The molecule has 136 valence electrons. The summed E-state index contributed by atoms with van der Waals surface area (Å²) in [5, 5.41) is 8.63. The molecule has 27 heavy (non-hydrogen) atoms. The molecular weight excluding hydrogens is 340 g/mol. The van der Waals surface area contributed by atoms with Crippen molar-refractivity contribution in [3.63, 3.8) is 0 Å². The minimum Gasteiger partial charge on any atom is -0.336 e. The molecule has 0 radical (unpaired) electrons. The van der Waals surface area contributed by atoms with Crippen molar-refractivity contribution in [2.75, 3.05) is 7.05 Å². The maximum atomic E-state index is 12.9. The van der Waals surface area contributed by atoms with Gasteiger partial charge >= 0.3 is 0 Å². The van der Waals surface area contributed by atoms with Gasteiger partial charge in [-0.05, 0) is 43.7 Å². The number of hydrogen-bond donors (Lipinski definition) is 0. The summed E-state index contributed by atoms with van der Waals surface area (Å²) in [7, 11) is 1.78. The van der Waals surface area contributed by atoms with Crippen LogP contribution >= 0.6 is 0 Å². The summed E-state index contributed by atoms with van der Waals surface area (Å²) < 4.78 is 3.55. The molecule has 3 aromatic heterocycles. The van der Waals surface area contributed by atoms with E-state index in [1.54, 1.807) is 33.4 Å². The molecule has 4 rings (SSSR count). The van der Waals surface area contributed by atoms with E-state index in [1.807, 2.05) is 56.4 Å². The van der Waals surface area contributed by atoms with E-state index in [0.717, 1.165) is 22.6 Å². The number of carbonyl (C=O) groups is 1. The molecule has 0 aliphatic rings. The van der Waals surface area contributed by atoms with E-state index >= 15 is 0 Å². The van der Waals surface area contributed by atoms with Gasteiger partial charge in [-0.3, -0.25) is 4.79 Å². The molecule has 1 aromatic carbocycles. The lowest BCUT2D eigenvalue weighted by molar-refractivity contribution is 0.0779. The standard InChI is InChI=1S/C20H20N6O/c1-14-10-19-22-18(11-15(2)26(19)23-14)20(27)24(3)13-16-6-4-7-17(12-16)25-9-5-8-21-25/h4-12H,13H2,1-3H3. The predicted octanol–water partition coefficient (Wildman–Crippen LogP) is 2.80. The number of rotatable bonds is 4. The fourth-order valence-electron chi connectivity index (χ4n) is 3.11. The van der Waals surface area contributed by atoms with E-state index < -0.39 is 0 Å². The Bertz CT molecular complexity index is 1110. The van der Waals surface area contributed by atoms with Crippen molar-refractivity contribution >= 4 is 11.6 Å². The Kier molecular flexibility index (Phi) is 4.19. The van der Waals surface area contributed by atoms with Crippen molar-refractivity contribution in [3.05, 3.63) is 77.5 Å². The van der Waals surface area contributed by atoms with Crippen molar-refractivity contribution in [1.29, 1.82) is 0 Å². The number of benzene rings is 1. The summed E-state index contributed by atoms with van der Waals surface area (Å²) >= 11 is 0. The first-order chi connectivity index (χ1) is 13.0. The van der Waals surface area contributed by atoms with Gasteiger partial charge in [0.05, 0.1) is 11.4 Å². The zero-order valence-electron chi connectivity index (χ0n) is 15.5. The summed E-state index contributed by atoms with van der Waals surface area (Å²) in [6.45, 7) is 4.32. The van der Waals surface area contributed by atoms with Crippen LogP contribution in [0.1, 0.15) is 27.4 Å². The third-order valence-corrected chi connectivity index (χ3v) is 4.39. The first-order valence-corrected chi connectivity index (χ1v) is 8.70. The van der Waals surface area contributed by atoms with Gasteiger partial charge in [0, 0.05) is 37.7 Å². The number of hydrogen-bond acceptors (Lipinski definition) is 4. The van der Waals surface area contributed by atoms with Crippen molar-refractivity contribution in [2.24, 2.45) is 0 Å². The van der Waals surface area contributed by atoms with E-state index in [2.05, 4.69) is 15.2 Å². The molecule has 0 aliphatic carbocycles. The van der Waals surface area contributed by atoms with Crippen molar-refractivity contribution in [3.8, 4) is 5.69 Å². The van der Waals surface area contributed by atoms with Gasteiger partial charge in [0.15, 0.2) is 5.65 Å². The lowest BCUT2D eigenvalue weighted by atomic mass is 10.2. The number of carbonyl (C=O) groups excluding carboxylic acids is 1. The van der Waals surface area contributed by atoms with Crippen molar-refractivity contribution < 1.29 is 4.79 Å². The monoisotopic (exact) mass is 360 g/mol. The average Bonchev–Trinajstić information content (AvgIpc) is 3.30. The number of nitrogens with zero attached hydrogens (tertiary/aromatic N) is 6. The second-order valence-electron chi connectivity index (χ2n) is 6.62. The summed E-state index contributed by atoms with van der Waals surface area (Å²) in [6.07, 6.45) is 3.63. The second-order valence-corrected chi connectivity index (χ2v) is 6.62. The van der Waals surface area contributed by atoms with Crippen LogP contribution in [-0.4, -0.2) is 42.2 Å². The molecule has 7 heteroatoms. The Hall–Kier alpha value is -3.48. The molecule has 0 atom stereocenters. The second kappa shape index (κ2) is 6.68. The molecule has 4 aromatic rings. The van der Waals surface area contributed by atoms with Crippen LogP contribution in [0.2, 0.25) is 0 Å². The zero-order chi connectivity index (χ0) is 19.0. The Morgan fingerprint density at radius 2 is 2.00 bits per heavy atom. The summed E-state index contributed by atoms with van der Waals surface area (Å²) in [4.78, 5) is 19.0. The Morgan fingerprint density at radius 1 is 1.15 bits per heavy atom. The highest BCUT2D eigenvalue weighted by atomic mass is 16.2. The van der Waals surface area contributed by atoms with Crippen molar-refractivity contribution in [1.82, 2.24) is 29.3 Å². The molecule has 0 saturated carbocycles. The van der Waals surface area contributed by atoms with Crippen LogP contribution < -0.4 is 0 Å². The predicted molar refractivity (Wildman–Crippen MR) is 102 cm³/mol. The third kappa shape index (κ3) is 3.31. The minimum absolute atomic E-state index is 0.121. The smallest absolute Gasteiger partial charge is 0.272 e. The molecule has 0 fully saturated rings. The van der Waals surface area contributed by atoms with Crippen LogP contribution in [0, 0.1) is 13.8 Å². The summed E-state index contributed by atoms with van der Waals surface area (Å²) in [5.41, 5.74) is 4.85. The summed E-state index contributed by atoms with van der Waals surface area (Å²) in [6, 6.07) is 13.5. The van der Waals surface area contributed by atoms with Crippen LogP contribution in [0.3, 0.4) is 0 Å². The van der Waals surface area contributed by atoms with Crippen LogP contribution in [0.15, 0.2) is 54.9 Å². The van der Waals surface area contributed by atoms with E-state index in [4.69, 9.17) is 0 Å². The van der Waals surface area contributed by atoms with Crippen LogP contribution in [-0.2, 0) is 6.54 Å². The quantitative estimate of drug-likeness (QED) is 0.561. The van der Waals surface area contributed by atoms with Gasteiger partial charge in [0.1, 0.15) is 5.69 Å². The highest BCUT2D eigenvalue weighted by molar-refractivity contribution is 5.92. The Labute approximate surface area is 156 Å². The van der Waals surface area contributed by atoms with Gasteiger partial charge in [0.2, 0.25) is 0 Å². The normalized spacial score (nSPS) is 11.1. The molecule has 0 saturated heterocycles. The van der Waals surface area contributed by atoms with Gasteiger partial charge < -0.3 is 4.90 Å². The van der Waals surface area contributed by atoms with Gasteiger partial charge in [-0.1, -0.05) is 12.1 Å². The molecule has 1 amide bonds. The topological polar surface area (TPSA) is 68.3 Å². The van der Waals surface area contributed by atoms with Crippen LogP contribution in [0.4, 0.5) is 0 Å². The van der Waals surface area contributed by atoms with Crippen LogP contribution in [0.25, 0.3) is 11.3 Å². The Balaban J connectivity index is 1.57. The van der Waals surface area contributed by atoms with Crippen LogP contribution in [0.5, 0.6) is 0 Å². The lowest BCUT2D eigenvalue weighted by Crippen LogP contribution is -2.27. The first kappa shape index (κ1) is 17.0. The van der Waals surface area contributed by atoms with Gasteiger partial charge in [-0.25, -0.2) is 14.2 Å². The third-order valence-electron chi connectivity index (χ3n) is 4.39. The number of fused-ring (bicyclic) bond motifs is 1. The molecule has 0 unspecified atom stereocenters. The Morgan fingerprint density at radius 3 is 2.78 bits per heavy atom. The molecule has 0 spiro atoms. The fraction of sp³-hybridized carbons (Fsp3) is 0.200. The van der Waals surface area contributed by atoms with Crippen molar-refractivity contribution in [2.45, 2.75) is 20.4 Å². The van der Waals surface area contributed by atoms with Gasteiger partial charge in [0.25, 0.3) is 5.91 Å². The maximum Gasteiger partial charge on any atom is 0.272 e. The largest absolute Gasteiger partial charge is 0.336 e. The fourth-order valence-corrected chi connectivity index (χ4v) is 3.11. The number of aromatic nitrogens is 5. The van der Waals surface area contributed by atoms with E-state index in [0.29, 0.717) is 17.9 Å². The van der Waals surface area contributed by atoms with E-state index in [9.17, 15) is 4.79 Å². The zero-order valence-corrected chi connectivity index (χ0v) is 15.5. The summed E-state index contributed by atoms with van der Waals surface area (Å²) in [5.74, 6) is -0.121. The molecule has 0 N–H and O–H groups in total. The molecular formula is C20H20N6O. The minimum atomic E-state index is -0.121. The average molecular weight is 360 g/mol. The molecule has 0 aliphatic heterocycles. The van der Waals surface area contributed by atoms with Gasteiger partial charge in [-0.15, -0.1) is 0 Å². The lowest BCUT2D eigenvalue weighted by Gasteiger charge is -2.18. The molecule has 7 nitrogen and oxygen atoms in total. The first-order valence-electron chi connectivity index (χ1n) is 8.70. The van der Waals surface area contributed by atoms with E-state index in [1.165, 1.54) is 0 Å². The number of aryl methyl sites for hydroxylation is 2. The van der Waals surface area contributed by atoms with E-state index in [-0.39, 0.29) is 5.91 Å². The molecule has 0 bridgehead atoms. The number of amides is 1. The highest BCUT2D eigenvalue weighted by Gasteiger charge is 2.16. The maximum absolute atomic E-state index is 12.9. The SMILES string of the molecule is Cc1cc2nc(C(=O)N(C)Cc3cccc(-n4cccn4)c3)cc(C)n2n1.